The van der Waals surface area contributed by atoms with Gasteiger partial charge in [0, 0.05) is 6.92 Å². The predicted octanol–water partition coefficient (Wildman–Crippen LogP) is 1.45. The molecule has 2 N–H and O–H groups in total. The van der Waals surface area contributed by atoms with Crippen LogP contribution in [0.4, 0.5) is 0 Å². The van der Waals surface area contributed by atoms with Crippen molar-refractivity contribution in [1.82, 2.24) is 10.2 Å². The fourth-order valence-corrected chi connectivity index (χ4v) is 3.27. The standard InChI is InChI=1S/C16H17ClN2O4/c1-9(2)12(13(21)22)19-14(17)16(15(19)23,18-10(3)20)11-7-5-4-6-8-11/h4-8,12,14H,1H2,2-3H3,(H,18,20)(H,21,22). The van der Waals surface area contributed by atoms with Gasteiger partial charge in [0.2, 0.25) is 5.91 Å². The molecule has 1 aliphatic heterocycles. The van der Waals surface area contributed by atoms with Crippen molar-refractivity contribution < 1.29 is 19.5 Å². The second-order valence-corrected chi connectivity index (χ2v) is 5.90. The van der Waals surface area contributed by atoms with Gasteiger partial charge in [-0.1, -0.05) is 48.5 Å². The topological polar surface area (TPSA) is 86.7 Å². The predicted molar refractivity (Wildman–Crippen MR) is 84.7 cm³/mol. The van der Waals surface area contributed by atoms with E-state index in [1.165, 1.54) is 13.8 Å². The summed E-state index contributed by atoms with van der Waals surface area (Å²) < 4.78 is 0. The lowest BCUT2D eigenvalue weighted by molar-refractivity contribution is -0.169. The summed E-state index contributed by atoms with van der Waals surface area (Å²) in [5.74, 6) is -2.23. The number of carbonyl (C=O) groups excluding carboxylic acids is 2. The summed E-state index contributed by atoms with van der Waals surface area (Å²) in [6, 6.07) is 7.28. The van der Waals surface area contributed by atoms with E-state index in [0.29, 0.717) is 5.56 Å². The zero-order valence-corrected chi connectivity index (χ0v) is 13.5. The first-order valence-corrected chi connectivity index (χ1v) is 7.36. The van der Waals surface area contributed by atoms with Crippen LogP contribution in [-0.2, 0) is 19.9 Å². The Kier molecular flexibility index (Phi) is 4.47. The highest BCUT2D eigenvalue weighted by molar-refractivity contribution is 6.28. The Morgan fingerprint density at radius 3 is 2.30 bits per heavy atom. The number of carboxylic acids is 1. The minimum Gasteiger partial charge on any atom is -0.479 e. The average Bonchev–Trinajstić information content (AvgIpc) is 2.49. The fourth-order valence-electron chi connectivity index (χ4n) is 2.79. The van der Waals surface area contributed by atoms with Crippen molar-refractivity contribution in [2.45, 2.75) is 30.9 Å². The van der Waals surface area contributed by atoms with Gasteiger partial charge in [-0.2, -0.15) is 0 Å². The van der Waals surface area contributed by atoms with Gasteiger partial charge in [-0.05, 0) is 18.1 Å². The maximum atomic E-state index is 12.8. The van der Waals surface area contributed by atoms with Gasteiger partial charge in [-0.3, -0.25) is 9.59 Å². The van der Waals surface area contributed by atoms with E-state index < -0.39 is 34.9 Å². The molecule has 2 amide bonds. The Morgan fingerprint density at radius 1 is 1.35 bits per heavy atom. The van der Waals surface area contributed by atoms with E-state index in [1.807, 2.05) is 0 Å². The van der Waals surface area contributed by atoms with Gasteiger partial charge in [-0.25, -0.2) is 4.79 Å². The third-order valence-corrected chi connectivity index (χ3v) is 4.29. The molecule has 1 heterocycles. The number of likely N-dealkylation sites (tertiary alicyclic amines) is 1. The quantitative estimate of drug-likeness (QED) is 0.369. The summed E-state index contributed by atoms with van der Waals surface area (Å²) >= 11 is 6.38. The molecular weight excluding hydrogens is 320 g/mol. The molecule has 2 rings (SSSR count). The number of halogens is 1. The van der Waals surface area contributed by atoms with Crippen LogP contribution in [0.2, 0.25) is 0 Å². The number of nitrogens with zero attached hydrogens (tertiary/aromatic N) is 1. The number of carboxylic acid groups (broad SMARTS) is 1. The van der Waals surface area contributed by atoms with Gasteiger partial charge < -0.3 is 15.3 Å². The van der Waals surface area contributed by atoms with Crippen molar-refractivity contribution in [3.8, 4) is 0 Å². The normalized spacial score (nSPS) is 24.6. The third-order valence-electron chi connectivity index (χ3n) is 3.75. The third kappa shape index (κ3) is 2.59. The number of hydrogen-bond donors (Lipinski definition) is 2. The SMILES string of the molecule is C=C(C)C(C(=O)O)N1C(=O)C(NC(C)=O)(c2ccccc2)C1Cl. The zero-order valence-electron chi connectivity index (χ0n) is 12.7. The van der Waals surface area contributed by atoms with Crippen LogP contribution in [0.25, 0.3) is 0 Å². The lowest BCUT2D eigenvalue weighted by atomic mass is 9.79. The van der Waals surface area contributed by atoms with Crippen molar-refractivity contribution in [1.29, 1.82) is 0 Å². The maximum Gasteiger partial charge on any atom is 0.330 e. The Balaban J connectivity index is 2.48. The first-order chi connectivity index (χ1) is 10.7. The molecule has 122 valence electrons. The molecule has 0 aliphatic carbocycles. The number of hydrogen-bond acceptors (Lipinski definition) is 3. The molecule has 1 aromatic rings. The fraction of sp³-hybridized carbons (Fsp3) is 0.312. The van der Waals surface area contributed by atoms with E-state index >= 15 is 0 Å². The number of alkyl halides is 1. The van der Waals surface area contributed by atoms with Crippen LogP contribution < -0.4 is 5.32 Å². The largest absolute Gasteiger partial charge is 0.479 e. The maximum absolute atomic E-state index is 12.8. The highest BCUT2D eigenvalue weighted by Crippen LogP contribution is 2.44. The van der Waals surface area contributed by atoms with E-state index in [1.54, 1.807) is 30.3 Å². The minimum atomic E-state index is -1.47. The lowest BCUT2D eigenvalue weighted by Gasteiger charge is -2.55. The number of nitrogens with one attached hydrogen (secondary N) is 1. The van der Waals surface area contributed by atoms with Crippen molar-refractivity contribution in [2.24, 2.45) is 0 Å². The summed E-state index contributed by atoms with van der Waals surface area (Å²) in [6.45, 7) is 6.40. The van der Waals surface area contributed by atoms with Gasteiger partial charge in [0.15, 0.2) is 11.6 Å². The second-order valence-electron chi connectivity index (χ2n) is 5.49. The number of amides is 2. The van der Waals surface area contributed by atoms with Crippen LogP contribution in [0.3, 0.4) is 0 Å². The van der Waals surface area contributed by atoms with Crippen molar-refractivity contribution in [3.05, 3.63) is 48.0 Å². The Bertz CT molecular complexity index is 662. The van der Waals surface area contributed by atoms with Crippen LogP contribution in [0.15, 0.2) is 42.5 Å². The molecular formula is C16H17ClN2O4. The van der Waals surface area contributed by atoms with E-state index in [0.717, 1.165) is 4.90 Å². The number of rotatable bonds is 5. The molecule has 1 aromatic carbocycles. The number of aliphatic carboxylic acids is 1. The minimum absolute atomic E-state index is 0.279. The highest BCUT2D eigenvalue weighted by Gasteiger charge is 2.64. The molecule has 23 heavy (non-hydrogen) atoms. The van der Waals surface area contributed by atoms with Gasteiger partial charge in [0.1, 0.15) is 5.50 Å². The first kappa shape index (κ1) is 17.0. The van der Waals surface area contributed by atoms with Gasteiger partial charge in [0.25, 0.3) is 5.91 Å². The summed E-state index contributed by atoms with van der Waals surface area (Å²) in [4.78, 5) is 36.8. The van der Waals surface area contributed by atoms with E-state index in [-0.39, 0.29) is 5.57 Å². The monoisotopic (exact) mass is 336 g/mol. The smallest absolute Gasteiger partial charge is 0.330 e. The average molecular weight is 337 g/mol. The molecule has 6 nitrogen and oxygen atoms in total. The summed E-state index contributed by atoms with van der Waals surface area (Å²) in [6.07, 6.45) is 0. The van der Waals surface area contributed by atoms with Gasteiger partial charge in [0.05, 0.1) is 0 Å². The van der Waals surface area contributed by atoms with Crippen molar-refractivity contribution in [3.63, 3.8) is 0 Å². The molecule has 1 fully saturated rings. The van der Waals surface area contributed by atoms with Gasteiger partial charge in [-0.15, -0.1) is 0 Å². The van der Waals surface area contributed by atoms with Crippen LogP contribution in [0, 0.1) is 0 Å². The molecule has 0 spiro atoms. The molecule has 0 saturated carbocycles. The first-order valence-electron chi connectivity index (χ1n) is 6.92. The van der Waals surface area contributed by atoms with Crippen LogP contribution in [-0.4, -0.2) is 39.3 Å². The zero-order chi connectivity index (χ0) is 17.4. The Hall–Kier alpha value is -2.34. The highest BCUT2D eigenvalue weighted by atomic mass is 35.5. The molecule has 0 aromatic heterocycles. The second kappa shape index (κ2) is 6.04. The van der Waals surface area contributed by atoms with Crippen LogP contribution in [0.1, 0.15) is 19.4 Å². The molecule has 7 heteroatoms. The number of benzene rings is 1. The van der Waals surface area contributed by atoms with E-state index in [4.69, 9.17) is 11.6 Å². The molecule has 0 radical (unpaired) electrons. The summed E-state index contributed by atoms with van der Waals surface area (Å²) in [7, 11) is 0. The van der Waals surface area contributed by atoms with Gasteiger partial charge >= 0.3 is 5.97 Å². The molecule has 3 unspecified atom stereocenters. The number of β-lactam (4-membered cyclic amide) rings is 1. The van der Waals surface area contributed by atoms with Crippen molar-refractivity contribution in [2.75, 3.05) is 0 Å². The summed E-state index contributed by atoms with van der Waals surface area (Å²) in [5.41, 5.74) is -1.74. The van der Waals surface area contributed by atoms with Crippen LogP contribution >= 0.6 is 11.6 Å². The lowest BCUT2D eigenvalue weighted by Crippen LogP contribution is -2.78. The number of carbonyl (C=O) groups is 3. The molecule has 1 aliphatic rings. The Labute approximate surface area is 138 Å². The van der Waals surface area contributed by atoms with Crippen LogP contribution in [0.5, 0.6) is 0 Å². The Morgan fingerprint density at radius 2 is 1.91 bits per heavy atom. The molecule has 0 bridgehead atoms. The van der Waals surface area contributed by atoms with E-state index in [9.17, 15) is 19.5 Å². The van der Waals surface area contributed by atoms with E-state index in [2.05, 4.69) is 11.9 Å². The van der Waals surface area contributed by atoms with Crippen molar-refractivity contribution >= 4 is 29.4 Å². The summed E-state index contributed by atoms with van der Waals surface area (Å²) in [5, 5.41) is 11.9. The molecule has 3 atom stereocenters. The molecule has 1 saturated heterocycles.